The van der Waals surface area contributed by atoms with Gasteiger partial charge in [0.25, 0.3) is 5.91 Å². The summed E-state index contributed by atoms with van der Waals surface area (Å²) in [6, 6.07) is 8.12. The molecule has 30 heavy (non-hydrogen) atoms. The zero-order valence-corrected chi connectivity index (χ0v) is 15.9. The van der Waals surface area contributed by atoms with Crippen LogP contribution in [0.25, 0.3) is 10.9 Å². The molecule has 0 atom stereocenters. The number of para-hydroxylation sites is 1. The van der Waals surface area contributed by atoms with Crippen molar-refractivity contribution in [3.8, 4) is 0 Å². The van der Waals surface area contributed by atoms with Crippen molar-refractivity contribution in [3.05, 3.63) is 70.7 Å². The van der Waals surface area contributed by atoms with Gasteiger partial charge in [-0.2, -0.15) is 0 Å². The normalized spacial score (nSPS) is 10.9. The van der Waals surface area contributed by atoms with Crippen LogP contribution in [0.3, 0.4) is 0 Å². The molecule has 0 aliphatic carbocycles. The fourth-order valence-electron chi connectivity index (χ4n) is 3.38. The molecule has 9 heteroatoms. The van der Waals surface area contributed by atoms with E-state index in [1.165, 1.54) is 16.5 Å². The molecule has 0 unspecified atom stereocenters. The van der Waals surface area contributed by atoms with Crippen molar-refractivity contribution >= 4 is 29.1 Å². The van der Waals surface area contributed by atoms with Gasteiger partial charge in [0.2, 0.25) is 0 Å². The van der Waals surface area contributed by atoms with Gasteiger partial charge in [-0.25, -0.2) is 13.2 Å². The lowest BCUT2D eigenvalue weighted by molar-refractivity contribution is -0.137. The standard InChI is InChI=1S/C21H17F3N2O4/c1-25(21(30)12-8-15(22)20(24)16(23)9-12)7-6-14-13-4-2-3-5-17(13)26(10-19(28)29)18(14)11-27/h2-5,8-9,11H,6-7,10H2,1H3,(H,28,29). The van der Waals surface area contributed by atoms with Gasteiger partial charge in [-0.3, -0.25) is 14.4 Å². The summed E-state index contributed by atoms with van der Waals surface area (Å²) in [5, 5.41) is 9.83. The molecule has 1 N–H and O–H groups in total. The summed E-state index contributed by atoms with van der Waals surface area (Å²) in [4.78, 5) is 36.5. The largest absolute Gasteiger partial charge is 0.480 e. The number of carbonyl (C=O) groups excluding carboxylic acids is 2. The molecule has 1 heterocycles. The third kappa shape index (κ3) is 3.91. The molecule has 1 aromatic heterocycles. The lowest BCUT2D eigenvalue weighted by atomic mass is 10.1. The number of aliphatic carboxylic acids is 1. The fraction of sp³-hybridized carbons (Fsp3) is 0.190. The summed E-state index contributed by atoms with van der Waals surface area (Å²) in [7, 11) is 1.40. The number of halogens is 3. The van der Waals surface area contributed by atoms with Crippen LogP contribution in [-0.4, -0.2) is 46.3 Å². The average Bonchev–Trinajstić information content (AvgIpc) is 3.01. The van der Waals surface area contributed by atoms with Gasteiger partial charge >= 0.3 is 5.97 Å². The van der Waals surface area contributed by atoms with Crippen LogP contribution in [0.1, 0.15) is 26.4 Å². The summed E-state index contributed by atoms with van der Waals surface area (Å²) in [5.74, 6) is -6.43. The van der Waals surface area contributed by atoms with Crippen molar-refractivity contribution in [3.63, 3.8) is 0 Å². The van der Waals surface area contributed by atoms with Crippen LogP contribution in [0.5, 0.6) is 0 Å². The van der Waals surface area contributed by atoms with Crippen molar-refractivity contribution in [1.29, 1.82) is 0 Å². The predicted octanol–water partition coefficient (Wildman–Crippen LogP) is 3.27. The number of aldehydes is 1. The molecule has 1 amide bonds. The van der Waals surface area contributed by atoms with Crippen molar-refractivity contribution in [2.75, 3.05) is 13.6 Å². The highest BCUT2D eigenvalue weighted by Crippen LogP contribution is 2.26. The van der Waals surface area contributed by atoms with E-state index in [1.54, 1.807) is 24.3 Å². The summed E-state index contributed by atoms with van der Waals surface area (Å²) in [6.45, 7) is -0.334. The van der Waals surface area contributed by atoms with Crippen LogP contribution in [0.2, 0.25) is 0 Å². The van der Waals surface area contributed by atoms with Crippen LogP contribution < -0.4 is 0 Å². The molecule has 0 aliphatic heterocycles. The van der Waals surface area contributed by atoms with Gasteiger partial charge in [-0.15, -0.1) is 0 Å². The smallest absolute Gasteiger partial charge is 0.323 e. The Labute approximate surface area is 169 Å². The first-order valence-corrected chi connectivity index (χ1v) is 8.91. The second-order valence-corrected chi connectivity index (χ2v) is 6.71. The van der Waals surface area contributed by atoms with E-state index < -0.39 is 35.9 Å². The number of likely N-dealkylation sites (N-methyl/N-ethyl adjacent to an activating group) is 1. The molecular weight excluding hydrogens is 401 g/mol. The Bertz CT molecular complexity index is 1130. The van der Waals surface area contributed by atoms with Crippen LogP contribution >= 0.6 is 0 Å². The highest BCUT2D eigenvalue weighted by Gasteiger charge is 2.21. The number of hydrogen-bond acceptors (Lipinski definition) is 3. The first-order chi connectivity index (χ1) is 14.2. The van der Waals surface area contributed by atoms with E-state index in [-0.39, 0.29) is 24.2 Å². The molecule has 0 saturated heterocycles. The first kappa shape index (κ1) is 21.1. The number of rotatable bonds is 7. The minimum absolute atomic E-state index is 0.0708. The predicted molar refractivity (Wildman–Crippen MR) is 102 cm³/mol. The first-order valence-electron chi connectivity index (χ1n) is 8.91. The number of carboxylic acids is 1. The molecule has 0 aliphatic rings. The maximum atomic E-state index is 13.4. The molecule has 0 fully saturated rings. The van der Waals surface area contributed by atoms with E-state index >= 15 is 0 Å². The Balaban J connectivity index is 1.89. The maximum Gasteiger partial charge on any atom is 0.323 e. The summed E-state index contributed by atoms with van der Waals surface area (Å²) in [6.07, 6.45) is 0.750. The lowest BCUT2D eigenvalue weighted by Gasteiger charge is -2.17. The quantitative estimate of drug-likeness (QED) is 0.472. The lowest BCUT2D eigenvalue weighted by Crippen LogP contribution is -2.29. The van der Waals surface area contributed by atoms with Gasteiger partial charge in [0.15, 0.2) is 23.7 Å². The van der Waals surface area contributed by atoms with Crippen LogP contribution in [0.15, 0.2) is 36.4 Å². The third-order valence-corrected chi connectivity index (χ3v) is 4.80. The highest BCUT2D eigenvalue weighted by molar-refractivity contribution is 5.95. The van der Waals surface area contributed by atoms with Crippen LogP contribution in [-0.2, 0) is 17.8 Å². The molecule has 6 nitrogen and oxygen atoms in total. The number of benzene rings is 2. The number of carboxylic acid groups (broad SMARTS) is 1. The topological polar surface area (TPSA) is 79.6 Å². The Morgan fingerprint density at radius 2 is 1.77 bits per heavy atom. The third-order valence-electron chi connectivity index (χ3n) is 4.80. The fourth-order valence-corrected chi connectivity index (χ4v) is 3.38. The van der Waals surface area contributed by atoms with Crippen LogP contribution in [0, 0.1) is 17.5 Å². The average molecular weight is 418 g/mol. The Morgan fingerprint density at radius 1 is 1.13 bits per heavy atom. The second kappa shape index (κ2) is 8.40. The second-order valence-electron chi connectivity index (χ2n) is 6.71. The van der Waals surface area contributed by atoms with E-state index in [0.717, 1.165) is 0 Å². The van der Waals surface area contributed by atoms with Gasteiger partial charge in [-0.05, 0) is 30.2 Å². The summed E-state index contributed by atoms with van der Waals surface area (Å²) < 4.78 is 41.3. The summed E-state index contributed by atoms with van der Waals surface area (Å²) in [5.41, 5.74) is 0.947. The Kier molecular flexibility index (Phi) is 5.91. The number of nitrogens with zero attached hydrogens (tertiary/aromatic N) is 2. The molecule has 3 rings (SSSR count). The van der Waals surface area contributed by atoms with Crippen molar-refractivity contribution in [2.45, 2.75) is 13.0 Å². The molecule has 2 aromatic carbocycles. The Hall–Kier alpha value is -3.62. The number of hydrogen-bond donors (Lipinski definition) is 1. The molecular formula is C21H17F3N2O4. The molecule has 156 valence electrons. The molecule has 3 aromatic rings. The monoisotopic (exact) mass is 418 g/mol. The van der Waals surface area contributed by atoms with Gasteiger partial charge in [-0.1, -0.05) is 18.2 Å². The highest BCUT2D eigenvalue weighted by atomic mass is 19.2. The van der Waals surface area contributed by atoms with Crippen LogP contribution in [0.4, 0.5) is 13.2 Å². The molecule has 0 spiro atoms. The van der Waals surface area contributed by atoms with Gasteiger partial charge in [0, 0.05) is 30.1 Å². The van der Waals surface area contributed by atoms with E-state index in [4.69, 9.17) is 5.11 Å². The Morgan fingerprint density at radius 3 is 2.37 bits per heavy atom. The van der Waals surface area contributed by atoms with Crippen molar-refractivity contribution in [1.82, 2.24) is 9.47 Å². The number of carbonyl (C=O) groups is 3. The number of aromatic nitrogens is 1. The number of amides is 1. The minimum Gasteiger partial charge on any atom is -0.480 e. The SMILES string of the molecule is CN(CCc1c(C=O)n(CC(=O)O)c2ccccc12)C(=O)c1cc(F)c(F)c(F)c1. The zero-order valence-electron chi connectivity index (χ0n) is 15.9. The van der Waals surface area contributed by atoms with Gasteiger partial charge in [0.05, 0.1) is 5.69 Å². The summed E-state index contributed by atoms with van der Waals surface area (Å²) >= 11 is 0. The number of fused-ring (bicyclic) bond motifs is 1. The van der Waals surface area contributed by atoms with E-state index in [2.05, 4.69) is 0 Å². The zero-order chi connectivity index (χ0) is 22.0. The van der Waals surface area contributed by atoms with E-state index in [9.17, 15) is 27.6 Å². The van der Waals surface area contributed by atoms with Crippen molar-refractivity contribution < 1.29 is 32.7 Å². The van der Waals surface area contributed by atoms with E-state index in [1.807, 2.05) is 0 Å². The van der Waals surface area contributed by atoms with Crippen molar-refractivity contribution in [2.24, 2.45) is 0 Å². The van der Waals surface area contributed by atoms with Gasteiger partial charge in [0.1, 0.15) is 6.54 Å². The molecule has 0 bridgehead atoms. The van der Waals surface area contributed by atoms with Gasteiger partial charge < -0.3 is 14.6 Å². The maximum absolute atomic E-state index is 13.4. The molecule has 0 radical (unpaired) electrons. The van der Waals surface area contributed by atoms with E-state index in [0.29, 0.717) is 34.9 Å². The minimum atomic E-state index is -1.66. The molecule has 0 saturated carbocycles.